The summed E-state index contributed by atoms with van der Waals surface area (Å²) in [6.07, 6.45) is 5.42. The number of carbonyl (C=O) groups is 1. The molecule has 0 atom stereocenters. The van der Waals surface area contributed by atoms with E-state index in [2.05, 4.69) is 10.3 Å². The number of carbonyl (C=O) groups excluding carboxylic acids is 1. The van der Waals surface area contributed by atoms with Crippen molar-refractivity contribution >= 4 is 34.1 Å². The van der Waals surface area contributed by atoms with Crippen LogP contribution >= 0.6 is 11.6 Å². The van der Waals surface area contributed by atoms with Crippen LogP contribution in [0, 0.1) is 5.41 Å². The van der Waals surface area contributed by atoms with Crippen LogP contribution in [0.1, 0.15) is 25.7 Å². The van der Waals surface area contributed by atoms with Gasteiger partial charge in [-0.05, 0) is 49.1 Å². The van der Waals surface area contributed by atoms with Gasteiger partial charge in [0, 0.05) is 18.0 Å². The number of benzene rings is 1. The van der Waals surface area contributed by atoms with Gasteiger partial charge in [-0.1, -0.05) is 18.0 Å². The summed E-state index contributed by atoms with van der Waals surface area (Å²) in [5.41, 5.74) is 7.27. The molecular formula is C16H18ClN3O. The lowest BCUT2D eigenvalue weighted by atomic mass is 9.66. The first-order valence-electron chi connectivity index (χ1n) is 7.17. The fourth-order valence-corrected chi connectivity index (χ4v) is 3.13. The number of fused-ring (bicyclic) bond motifs is 1. The maximum atomic E-state index is 12.3. The first-order valence-corrected chi connectivity index (χ1v) is 7.54. The summed E-state index contributed by atoms with van der Waals surface area (Å²) >= 11 is 6.13. The summed E-state index contributed by atoms with van der Waals surface area (Å²) in [5, 5.41) is 4.42. The molecule has 1 aromatic heterocycles. The van der Waals surface area contributed by atoms with Crippen LogP contribution in [0.5, 0.6) is 0 Å². The Morgan fingerprint density at radius 1 is 1.38 bits per heavy atom. The smallest absolute Gasteiger partial charge is 0.224 e. The predicted molar refractivity (Wildman–Crippen MR) is 85.3 cm³/mol. The minimum Gasteiger partial charge on any atom is -0.330 e. The molecule has 1 aromatic carbocycles. The van der Waals surface area contributed by atoms with E-state index >= 15 is 0 Å². The number of rotatable bonds is 4. The van der Waals surface area contributed by atoms with Crippen molar-refractivity contribution in [1.29, 1.82) is 0 Å². The zero-order chi connectivity index (χ0) is 14.9. The zero-order valence-electron chi connectivity index (χ0n) is 11.7. The Balaban J connectivity index is 1.82. The molecule has 3 N–H and O–H groups in total. The SMILES string of the molecule is NCC1(CC(=O)Nc2ccc(Cl)c3ncccc23)CCC1. The Bertz CT molecular complexity index is 677. The lowest BCUT2D eigenvalue weighted by molar-refractivity contribution is -0.119. The van der Waals surface area contributed by atoms with E-state index in [-0.39, 0.29) is 11.3 Å². The van der Waals surface area contributed by atoms with Crippen molar-refractivity contribution in [3.8, 4) is 0 Å². The number of nitrogens with two attached hydrogens (primary N) is 1. The number of nitrogens with zero attached hydrogens (tertiary/aromatic N) is 1. The van der Waals surface area contributed by atoms with Crippen LogP contribution in [-0.4, -0.2) is 17.4 Å². The van der Waals surface area contributed by atoms with E-state index in [1.165, 1.54) is 0 Å². The van der Waals surface area contributed by atoms with E-state index in [0.29, 0.717) is 23.5 Å². The first-order chi connectivity index (χ1) is 10.1. The highest BCUT2D eigenvalue weighted by molar-refractivity contribution is 6.35. The van der Waals surface area contributed by atoms with Gasteiger partial charge in [0.2, 0.25) is 5.91 Å². The maximum absolute atomic E-state index is 12.3. The van der Waals surface area contributed by atoms with Gasteiger partial charge in [-0.15, -0.1) is 0 Å². The molecule has 1 heterocycles. The van der Waals surface area contributed by atoms with Crippen molar-refractivity contribution < 1.29 is 4.79 Å². The molecule has 0 radical (unpaired) electrons. The van der Waals surface area contributed by atoms with Crippen molar-refractivity contribution in [3.05, 3.63) is 35.5 Å². The number of halogens is 1. The molecule has 2 aromatic rings. The molecule has 1 aliphatic rings. The molecule has 1 aliphatic carbocycles. The fraction of sp³-hybridized carbons (Fsp3) is 0.375. The molecule has 3 rings (SSSR count). The van der Waals surface area contributed by atoms with E-state index in [1.807, 2.05) is 18.2 Å². The number of hydrogen-bond acceptors (Lipinski definition) is 3. The van der Waals surface area contributed by atoms with Gasteiger partial charge in [-0.2, -0.15) is 0 Å². The standard InChI is InChI=1S/C16H18ClN3O/c17-12-4-5-13(11-3-1-8-19-15(11)12)20-14(21)9-16(10-18)6-2-7-16/h1,3-5,8H,2,6-7,9-10,18H2,(H,20,21). The molecule has 1 amide bonds. The van der Waals surface area contributed by atoms with Crippen molar-refractivity contribution in [3.63, 3.8) is 0 Å². The highest BCUT2D eigenvalue weighted by Crippen LogP contribution is 2.43. The highest BCUT2D eigenvalue weighted by atomic mass is 35.5. The molecule has 5 heteroatoms. The summed E-state index contributed by atoms with van der Waals surface area (Å²) in [5.74, 6) is 0.00706. The van der Waals surface area contributed by atoms with Crippen molar-refractivity contribution in [2.75, 3.05) is 11.9 Å². The second kappa shape index (κ2) is 5.62. The number of aromatic nitrogens is 1. The van der Waals surface area contributed by atoms with Crippen LogP contribution in [0.4, 0.5) is 5.69 Å². The molecule has 0 aliphatic heterocycles. The number of nitrogens with one attached hydrogen (secondary N) is 1. The molecule has 0 saturated heterocycles. The molecule has 1 fully saturated rings. The van der Waals surface area contributed by atoms with Crippen LogP contribution in [-0.2, 0) is 4.79 Å². The first kappa shape index (κ1) is 14.3. The Labute approximate surface area is 128 Å². The van der Waals surface area contributed by atoms with E-state index in [9.17, 15) is 4.79 Å². The zero-order valence-corrected chi connectivity index (χ0v) is 12.5. The van der Waals surface area contributed by atoms with Crippen LogP contribution in [0.3, 0.4) is 0 Å². The molecular weight excluding hydrogens is 286 g/mol. The van der Waals surface area contributed by atoms with Gasteiger partial charge in [0.1, 0.15) is 0 Å². The minimum absolute atomic E-state index is 0.00453. The topological polar surface area (TPSA) is 68.0 Å². The van der Waals surface area contributed by atoms with Crippen LogP contribution in [0.25, 0.3) is 10.9 Å². The van der Waals surface area contributed by atoms with Gasteiger partial charge in [-0.3, -0.25) is 9.78 Å². The van der Waals surface area contributed by atoms with Gasteiger partial charge >= 0.3 is 0 Å². The van der Waals surface area contributed by atoms with E-state index in [4.69, 9.17) is 17.3 Å². The Morgan fingerprint density at radius 3 is 2.86 bits per heavy atom. The van der Waals surface area contributed by atoms with Crippen LogP contribution < -0.4 is 11.1 Å². The number of anilines is 1. The monoisotopic (exact) mass is 303 g/mol. The van der Waals surface area contributed by atoms with E-state index < -0.39 is 0 Å². The molecule has 0 unspecified atom stereocenters. The second-order valence-electron chi connectivity index (χ2n) is 5.78. The molecule has 0 spiro atoms. The lowest BCUT2D eigenvalue weighted by Gasteiger charge is -2.40. The van der Waals surface area contributed by atoms with Gasteiger partial charge in [-0.25, -0.2) is 0 Å². The summed E-state index contributed by atoms with van der Waals surface area (Å²) in [6, 6.07) is 7.32. The van der Waals surface area contributed by atoms with Gasteiger partial charge in [0.05, 0.1) is 16.2 Å². The van der Waals surface area contributed by atoms with Crippen LogP contribution in [0.2, 0.25) is 5.02 Å². The minimum atomic E-state index is 0.00453. The van der Waals surface area contributed by atoms with Crippen molar-refractivity contribution in [2.24, 2.45) is 11.1 Å². The summed E-state index contributed by atoms with van der Waals surface area (Å²) in [6.45, 7) is 0.573. The Hall–Kier alpha value is -1.65. The van der Waals surface area contributed by atoms with Crippen molar-refractivity contribution in [2.45, 2.75) is 25.7 Å². The molecule has 21 heavy (non-hydrogen) atoms. The molecule has 0 bridgehead atoms. The normalized spacial score (nSPS) is 16.5. The predicted octanol–water partition coefficient (Wildman–Crippen LogP) is 3.35. The maximum Gasteiger partial charge on any atom is 0.224 e. The molecule has 1 saturated carbocycles. The third kappa shape index (κ3) is 2.74. The van der Waals surface area contributed by atoms with Gasteiger partial charge < -0.3 is 11.1 Å². The molecule has 4 nitrogen and oxygen atoms in total. The largest absolute Gasteiger partial charge is 0.330 e. The Kier molecular flexibility index (Phi) is 3.83. The number of hydrogen-bond donors (Lipinski definition) is 2. The number of pyridine rings is 1. The van der Waals surface area contributed by atoms with E-state index in [0.717, 1.165) is 30.3 Å². The summed E-state index contributed by atoms with van der Waals surface area (Å²) < 4.78 is 0. The Morgan fingerprint density at radius 2 is 2.19 bits per heavy atom. The fourth-order valence-electron chi connectivity index (χ4n) is 2.91. The third-order valence-electron chi connectivity index (χ3n) is 4.38. The third-order valence-corrected chi connectivity index (χ3v) is 4.68. The van der Waals surface area contributed by atoms with Crippen LogP contribution in [0.15, 0.2) is 30.5 Å². The number of amides is 1. The van der Waals surface area contributed by atoms with Crippen molar-refractivity contribution in [1.82, 2.24) is 4.98 Å². The van der Waals surface area contributed by atoms with Gasteiger partial charge in [0.25, 0.3) is 0 Å². The molecule has 110 valence electrons. The quantitative estimate of drug-likeness (QED) is 0.910. The lowest BCUT2D eigenvalue weighted by Crippen LogP contribution is -2.40. The second-order valence-corrected chi connectivity index (χ2v) is 6.18. The average molecular weight is 304 g/mol. The van der Waals surface area contributed by atoms with E-state index in [1.54, 1.807) is 12.3 Å². The van der Waals surface area contributed by atoms with Gasteiger partial charge in [0.15, 0.2) is 0 Å². The summed E-state index contributed by atoms with van der Waals surface area (Å²) in [4.78, 5) is 16.6. The average Bonchev–Trinajstić information content (AvgIpc) is 2.46. The summed E-state index contributed by atoms with van der Waals surface area (Å²) in [7, 11) is 0. The highest BCUT2D eigenvalue weighted by Gasteiger charge is 2.37.